The molecule has 6 nitrogen and oxygen atoms in total. The highest BCUT2D eigenvalue weighted by Crippen LogP contribution is 2.36. The van der Waals surface area contributed by atoms with Crippen molar-refractivity contribution in [2.75, 3.05) is 26.2 Å². The van der Waals surface area contributed by atoms with Crippen LogP contribution in [0.4, 0.5) is 14.0 Å². The maximum absolute atomic E-state index is 15.4. The molecule has 0 atom stereocenters. The number of rotatable bonds is 4. The van der Waals surface area contributed by atoms with E-state index in [2.05, 4.69) is 0 Å². The lowest BCUT2D eigenvalue weighted by Gasteiger charge is -2.40. The quantitative estimate of drug-likeness (QED) is 0.656. The van der Waals surface area contributed by atoms with Gasteiger partial charge >= 0.3 is 12.2 Å². The van der Waals surface area contributed by atoms with Gasteiger partial charge in [-0.15, -0.1) is 0 Å². The topological polar surface area (TPSA) is 59.1 Å². The maximum atomic E-state index is 15.4. The van der Waals surface area contributed by atoms with Gasteiger partial charge in [0.05, 0.1) is 0 Å². The molecule has 2 heterocycles. The van der Waals surface area contributed by atoms with Crippen LogP contribution in [0.1, 0.15) is 58.4 Å². The number of hydrogen-bond acceptors (Lipinski definition) is 4. The minimum Gasteiger partial charge on any atom is -0.445 e. The zero-order chi connectivity index (χ0) is 22.5. The van der Waals surface area contributed by atoms with Crippen LogP contribution in [-0.4, -0.2) is 59.4 Å². The fraction of sp³-hybridized carbons (Fsp3) is 0.667. The van der Waals surface area contributed by atoms with Gasteiger partial charge in [0.25, 0.3) is 0 Å². The molecule has 3 rings (SSSR count). The van der Waals surface area contributed by atoms with E-state index in [-0.39, 0.29) is 24.7 Å². The predicted molar refractivity (Wildman–Crippen MR) is 116 cm³/mol. The number of carbonyl (C=O) groups is 2. The van der Waals surface area contributed by atoms with Crippen LogP contribution in [-0.2, 0) is 16.1 Å². The summed E-state index contributed by atoms with van der Waals surface area (Å²) in [5.41, 5.74) is -0.834. The standard InChI is InChI=1S/C24H35FN2O4/c1-23(2,3)31-22(29)27-15-11-24(25,12-16-27)17-19-9-13-26(14-10-19)21(28)30-18-20-7-5-4-6-8-20/h4-8,19H,9-18H2,1-3H3. The van der Waals surface area contributed by atoms with Gasteiger partial charge in [-0.1, -0.05) is 30.3 Å². The summed E-state index contributed by atoms with van der Waals surface area (Å²) in [6.45, 7) is 7.72. The summed E-state index contributed by atoms with van der Waals surface area (Å²) < 4.78 is 26.2. The summed E-state index contributed by atoms with van der Waals surface area (Å²) in [6.07, 6.45) is 2.06. The van der Waals surface area contributed by atoms with Crippen molar-refractivity contribution in [3.8, 4) is 0 Å². The molecule has 1 aromatic rings. The van der Waals surface area contributed by atoms with Crippen molar-refractivity contribution in [2.45, 2.75) is 70.8 Å². The molecule has 2 aliphatic rings. The van der Waals surface area contributed by atoms with Gasteiger partial charge in [0.2, 0.25) is 0 Å². The van der Waals surface area contributed by atoms with Gasteiger partial charge < -0.3 is 19.3 Å². The monoisotopic (exact) mass is 434 g/mol. The average Bonchev–Trinajstić information content (AvgIpc) is 2.72. The first-order valence-corrected chi connectivity index (χ1v) is 11.3. The van der Waals surface area contributed by atoms with Gasteiger partial charge in [0.15, 0.2) is 0 Å². The van der Waals surface area contributed by atoms with E-state index in [0.717, 1.165) is 18.4 Å². The van der Waals surface area contributed by atoms with E-state index in [0.29, 0.717) is 45.4 Å². The van der Waals surface area contributed by atoms with Gasteiger partial charge in [-0.3, -0.25) is 0 Å². The second kappa shape index (κ2) is 9.88. The molecule has 2 fully saturated rings. The Balaban J connectivity index is 1.38. The minimum atomic E-state index is -1.25. The van der Waals surface area contributed by atoms with Crippen LogP contribution in [0.15, 0.2) is 30.3 Å². The van der Waals surface area contributed by atoms with Crippen molar-refractivity contribution in [2.24, 2.45) is 5.92 Å². The molecular formula is C24H35FN2O4. The summed E-state index contributed by atoms with van der Waals surface area (Å²) in [5.74, 6) is 0.247. The van der Waals surface area contributed by atoms with Gasteiger partial charge in [0.1, 0.15) is 17.9 Å². The highest BCUT2D eigenvalue weighted by Gasteiger charge is 2.39. The van der Waals surface area contributed by atoms with E-state index in [4.69, 9.17) is 9.47 Å². The lowest BCUT2D eigenvalue weighted by molar-refractivity contribution is -0.00538. The number of likely N-dealkylation sites (tertiary alicyclic amines) is 2. The van der Waals surface area contributed by atoms with Crippen LogP contribution >= 0.6 is 0 Å². The first-order chi connectivity index (χ1) is 14.6. The molecular weight excluding hydrogens is 399 g/mol. The molecule has 2 aliphatic heterocycles. The molecule has 0 aromatic heterocycles. The molecule has 172 valence electrons. The zero-order valence-electron chi connectivity index (χ0n) is 18.9. The van der Waals surface area contributed by atoms with Crippen molar-refractivity contribution < 1.29 is 23.5 Å². The zero-order valence-corrected chi connectivity index (χ0v) is 18.9. The van der Waals surface area contributed by atoms with Gasteiger partial charge in [0, 0.05) is 26.2 Å². The summed E-state index contributed by atoms with van der Waals surface area (Å²) in [7, 11) is 0. The van der Waals surface area contributed by atoms with Gasteiger partial charge in [-0.25, -0.2) is 14.0 Å². The number of piperidine rings is 2. The van der Waals surface area contributed by atoms with Gasteiger partial charge in [-0.2, -0.15) is 0 Å². The Hall–Kier alpha value is -2.31. The molecule has 31 heavy (non-hydrogen) atoms. The fourth-order valence-electron chi connectivity index (χ4n) is 4.27. The fourth-order valence-corrected chi connectivity index (χ4v) is 4.27. The second-order valence-electron chi connectivity index (χ2n) is 9.79. The largest absolute Gasteiger partial charge is 0.445 e. The number of alkyl halides is 1. The molecule has 7 heteroatoms. The first-order valence-electron chi connectivity index (χ1n) is 11.3. The van der Waals surface area contributed by atoms with E-state index in [1.807, 2.05) is 51.1 Å². The van der Waals surface area contributed by atoms with Crippen LogP contribution < -0.4 is 0 Å². The molecule has 0 bridgehead atoms. The average molecular weight is 435 g/mol. The van der Waals surface area contributed by atoms with E-state index in [1.165, 1.54) is 0 Å². The summed E-state index contributed by atoms with van der Waals surface area (Å²) in [6, 6.07) is 9.61. The smallest absolute Gasteiger partial charge is 0.410 e. The Bertz CT molecular complexity index is 734. The Kier molecular flexibility index (Phi) is 7.44. The Morgan fingerprint density at radius 3 is 2.16 bits per heavy atom. The molecule has 0 unspecified atom stereocenters. The van der Waals surface area contributed by atoms with Crippen LogP contribution in [0.25, 0.3) is 0 Å². The number of amides is 2. The highest BCUT2D eigenvalue weighted by molar-refractivity contribution is 5.68. The van der Waals surface area contributed by atoms with Crippen molar-refractivity contribution >= 4 is 12.2 Å². The second-order valence-corrected chi connectivity index (χ2v) is 9.79. The number of benzene rings is 1. The van der Waals surface area contributed by atoms with Crippen LogP contribution in [0.3, 0.4) is 0 Å². The molecule has 2 saturated heterocycles. The third-order valence-electron chi connectivity index (χ3n) is 6.04. The third kappa shape index (κ3) is 7.11. The summed E-state index contributed by atoms with van der Waals surface area (Å²) in [5, 5.41) is 0. The number of carbonyl (C=O) groups excluding carboxylic acids is 2. The summed E-state index contributed by atoms with van der Waals surface area (Å²) >= 11 is 0. The van der Waals surface area contributed by atoms with Crippen molar-refractivity contribution in [3.05, 3.63) is 35.9 Å². The number of ether oxygens (including phenoxy) is 2. The summed E-state index contributed by atoms with van der Waals surface area (Å²) in [4.78, 5) is 27.8. The van der Waals surface area contributed by atoms with Crippen LogP contribution in [0.5, 0.6) is 0 Å². The van der Waals surface area contributed by atoms with Crippen molar-refractivity contribution in [1.82, 2.24) is 9.80 Å². The first kappa shape index (κ1) is 23.4. The number of halogens is 1. The third-order valence-corrected chi connectivity index (χ3v) is 6.04. The Morgan fingerprint density at radius 1 is 1.00 bits per heavy atom. The van der Waals surface area contributed by atoms with E-state index in [1.54, 1.807) is 9.80 Å². The Labute approximate surface area is 184 Å². The predicted octanol–water partition coefficient (Wildman–Crippen LogP) is 5.16. The van der Waals surface area contributed by atoms with Crippen LogP contribution in [0, 0.1) is 5.92 Å². The van der Waals surface area contributed by atoms with E-state index in [9.17, 15) is 9.59 Å². The minimum absolute atomic E-state index is 0.247. The van der Waals surface area contributed by atoms with Crippen molar-refractivity contribution in [3.63, 3.8) is 0 Å². The Morgan fingerprint density at radius 2 is 1.58 bits per heavy atom. The molecule has 0 saturated carbocycles. The van der Waals surface area contributed by atoms with Gasteiger partial charge in [-0.05, 0) is 64.4 Å². The highest BCUT2D eigenvalue weighted by atomic mass is 19.1. The lowest BCUT2D eigenvalue weighted by atomic mass is 9.80. The molecule has 1 aromatic carbocycles. The van der Waals surface area contributed by atoms with E-state index >= 15 is 4.39 Å². The number of hydrogen-bond donors (Lipinski definition) is 0. The molecule has 0 radical (unpaired) electrons. The molecule has 0 N–H and O–H groups in total. The molecule has 2 amide bonds. The lowest BCUT2D eigenvalue weighted by Crippen LogP contribution is -2.47. The maximum Gasteiger partial charge on any atom is 0.410 e. The molecule has 0 spiro atoms. The van der Waals surface area contributed by atoms with Crippen LogP contribution in [0.2, 0.25) is 0 Å². The number of nitrogens with zero attached hydrogens (tertiary/aromatic N) is 2. The SMILES string of the molecule is CC(C)(C)OC(=O)N1CCC(F)(CC2CCN(C(=O)OCc3ccccc3)CC2)CC1. The van der Waals surface area contributed by atoms with Crippen molar-refractivity contribution in [1.29, 1.82) is 0 Å². The van der Waals surface area contributed by atoms with E-state index < -0.39 is 11.3 Å². The normalized spacial score (nSPS) is 19.7. The molecule has 0 aliphatic carbocycles.